The van der Waals surface area contributed by atoms with E-state index < -0.39 is 0 Å². The molecule has 0 amide bonds. The zero-order valence-corrected chi connectivity index (χ0v) is 18.2. The lowest BCUT2D eigenvalue weighted by molar-refractivity contribution is 0.00462. The van der Waals surface area contributed by atoms with E-state index in [-0.39, 0.29) is 0 Å². The van der Waals surface area contributed by atoms with Crippen LogP contribution in [0.3, 0.4) is 0 Å². The second-order valence-corrected chi connectivity index (χ2v) is 9.38. The molecule has 2 saturated heterocycles. The summed E-state index contributed by atoms with van der Waals surface area (Å²) in [6.45, 7) is 6.49. The average Bonchev–Trinajstić information content (AvgIpc) is 3.22. The van der Waals surface area contributed by atoms with Gasteiger partial charge in [0.2, 0.25) is 5.89 Å². The Morgan fingerprint density at radius 1 is 0.774 bits per heavy atom. The fourth-order valence-electron chi connectivity index (χ4n) is 5.46. The predicted octanol–water partition coefficient (Wildman–Crippen LogP) is 4.54. The summed E-state index contributed by atoms with van der Waals surface area (Å²) in [4.78, 5) is 9.87. The van der Waals surface area contributed by atoms with E-state index in [0.29, 0.717) is 5.41 Å². The minimum Gasteiger partial charge on any atom is -0.338 e. The number of piperidine rings is 2. The zero-order chi connectivity index (χ0) is 20.9. The van der Waals surface area contributed by atoms with Crippen molar-refractivity contribution in [2.75, 3.05) is 26.2 Å². The summed E-state index contributed by atoms with van der Waals surface area (Å²) in [6.07, 6.45) is 5.94. The SMILES string of the molecule is c1ccc(Cc2noc(CN3CCCC4(CCCN(Cc5ccccc5)C4)C3)n2)cc1. The van der Waals surface area contributed by atoms with E-state index in [1.165, 1.54) is 49.9 Å². The molecule has 2 aliphatic heterocycles. The first kappa shape index (κ1) is 20.4. The van der Waals surface area contributed by atoms with Crippen molar-refractivity contribution >= 4 is 0 Å². The number of benzene rings is 2. The van der Waals surface area contributed by atoms with E-state index in [1.807, 2.05) is 6.07 Å². The number of likely N-dealkylation sites (tertiary alicyclic amines) is 2. The van der Waals surface area contributed by atoms with Crippen molar-refractivity contribution in [3.05, 3.63) is 83.5 Å². The lowest BCUT2D eigenvalue weighted by Gasteiger charge is -2.48. The van der Waals surface area contributed by atoms with Gasteiger partial charge in [0, 0.05) is 26.1 Å². The van der Waals surface area contributed by atoms with Crippen LogP contribution in [0.15, 0.2) is 65.2 Å². The van der Waals surface area contributed by atoms with Gasteiger partial charge in [-0.25, -0.2) is 0 Å². The van der Waals surface area contributed by atoms with Crippen LogP contribution in [0.2, 0.25) is 0 Å². The van der Waals surface area contributed by atoms with Gasteiger partial charge in [-0.05, 0) is 55.3 Å². The van der Waals surface area contributed by atoms with E-state index in [9.17, 15) is 0 Å². The van der Waals surface area contributed by atoms with Crippen molar-refractivity contribution in [1.82, 2.24) is 19.9 Å². The summed E-state index contributed by atoms with van der Waals surface area (Å²) in [6, 6.07) is 21.2. The van der Waals surface area contributed by atoms with Crippen LogP contribution in [0, 0.1) is 5.41 Å². The molecule has 1 atom stereocenters. The maximum atomic E-state index is 5.60. The molecule has 0 radical (unpaired) electrons. The molecular formula is C26H32N4O. The molecule has 1 unspecified atom stereocenters. The van der Waals surface area contributed by atoms with Gasteiger partial charge in [0.15, 0.2) is 5.82 Å². The van der Waals surface area contributed by atoms with Gasteiger partial charge in [0.05, 0.1) is 6.54 Å². The Balaban J connectivity index is 1.19. The van der Waals surface area contributed by atoms with Crippen LogP contribution in [0.25, 0.3) is 0 Å². The van der Waals surface area contributed by atoms with Gasteiger partial charge >= 0.3 is 0 Å². The minimum atomic E-state index is 0.401. The van der Waals surface area contributed by atoms with Gasteiger partial charge in [0.1, 0.15) is 0 Å². The van der Waals surface area contributed by atoms with E-state index in [4.69, 9.17) is 4.52 Å². The average molecular weight is 417 g/mol. The molecule has 1 aromatic heterocycles. The summed E-state index contributed by atoms with van der Waals surface area (Å²) in [5.74, 6) is 1.53. The molecule has 0 saturated carbocycles. The Labute approximate surface area is 185 Å². The van der Waals surface area contributed by atoms with Gasteiger partial charge in [-0.3, -0.25) is 9.80 Å². The number of rotatable bonds is 6. The number of aromatic nitrogens is 2. The molecule has 0 aliphatic carbocycles. The standard InChI is InChI=1S/C26H32N4O/c1-3-9-22(10-4-1)17-24-27-25(31-28-24)19-30-16-8-14-26(21-30)13-7-15-29(20-26)18-23-11-5-2-6-12-23/h1-6,9-12H,7-8,13-21H2. The third-order valence-corrected chi connectivity index (χ3v) is 6.80. The quantitative estimate of drug-likeness (QED) is 0.590. The van der Waals surface area contributed by atoms with Gasteiger partial charge in [0.25, 0.3) is 0 Å². The molecule has 2 aliphatic rings. The van der Waals surface area contributed by atoms with Gasteiger partial charge < -0.3 is 4.52 Å². The highest BCUT2D eigenvalue weighted by Crippen LogP contribution is 2.39. The van der Waals surface area contributed by atoms with Crippen LogP contribution in [0.1, 0.15) is 48.5 Å². The highest BCUT2D eigenvalue weighted by atomic mass is 16.5. The van der Waals surface area contributed by atoms with E-state index >= 15 is 0 Å². The van der Waals surface area contributed by atoms with Crippen molar-refractivity contribution in [2.45, 2.75) is 45.2 Å². The smallest absolute Gasteiger partial charge is 0.240 e. The topological polar surface area (TPSA) is 45.4 Å². The fourth-order valence-corrected chi connectivity index (χ4v) is 5.46. The van der Waals surface area contributed by atoms with Crippen LogP contribution >= 0.6 is 0 Å². The lowest BCUT2D eigenvalue weighted by Crippen LogP contribution is -2.51. The molecule has 2 aromatic carbocycles. The summed E-state index contributed by atoms with van der Waals surface area (Å²) in [7, 11) is 0. The van der Waals surface area contributed by atoms with Crippen molar-refractivity contribution in [3.8, 4) is 0 Å². The van der Waals surface area contributed by atoms with Gasteiger partial charge in [-0.15, -0.1) is 0 Å². The Morgan fingerprint density at radius 3 is 2.06 bits per heavy atom. The summed E-state index contributed by atoms with van der Waals surface area (Å²) in [5.41, 5.74) is 3.04. The first-order valence-corrected chi connectivity index (χ1v) is 11.6. The lowest BCUT2D eigenvalue weighted by atomic mass is 9.73. The normalized spacial score (nSPS) is 22.7. The van der Waals surface area contributed by atoms with E-state index in [0.717, 1.165) is 44.3 Å². The van der Waals surface area contributed by atoms with Crippen LogP contribution in [-0.4, -0.2) is 46.1 Å². The van der Waals surface area contributed by atoms with Crippen molar-refractivity contribution in [2.24, 2.45) is 5.41 Å². The predicted molar refractivity (Wildman–Crippen MR) is 121 cm³/mol. The second kappa shape index (κ2) is 9.33. The summed E-state index contributed by atoms with van der Waals surface area (Å²) < 4.78 is 5.60. The maximum absolute atomic E-state index is 5.60. The number of nitrogens with zero attached hydrogens (tertiary/aromatic N) is 4. The van der Waals surface area contributed by atoms with Gasteiger partial charge in [-0.2, -0.15) is 4.98 Å². The molecule has 5 nitrogen and oxygen atoms in total. The van der Waals surface area contributed by atoms with Crippen molar-refractivity contribution in [3.63, 3.8) is 0 Å². The van der Waals surface area contributed by atoms with Crippen LogP contribution in [0.5, 0.6) is 0 Å². The van der Waals surface area contributed by atoms with Gasteiger partial charge in [-0.1, -0.05) is 65.8 Å². The van der Waals surface area contributed by atoms with Crippen LogP contribution in [-0.2, 0) is 19.5 Å². The fraction of sp³-hybridized carbons (Fsp3) is 0.462. The highest BCUT2D eigenvalue weighted by molar-refractivity contribution is 5.18. The zero-order valence-electron chi connectivity index (χ0n) is 18.2. The highest BCUT2D eigenvalue weighted by Gasteiger charge is 2.39. The summed E-state index contributed by atoms with van der Waals surface area (Å²) in [5, 5.41) is 4.22. The minimum absolute atomic E-state index is 0.401. The largest absolute Gasteiger partial charge is 0.338 e. The molecular weight excluding hydrogens is 384 g/mol. The first-order valence-electron chi connectivity index (χ1n) is 11.6. The molecule has 3 heterocycles. The van der Waals surface area contributed by atoms with E-state index in [2.05, 4.69) is 74.5 Å². The molecule has 3 aromatic rings. The first-order chi connectivity index (χ1) is 15.3. The third kappa shape index (κ3) is 5.23. The molecule has 0 bridgehead atoms. The van der Waals surface area contributed by atoms with Crippen molar-refractivity contribution in [1.29, 1.82) is 0 Å². The van der Waals surface area contributed by atoms with Crippen molar-refractivity contribution < 1.29 is 4.52 Å². The molecule has 162 valence electrons. The third-order valence-electron chi connectivity index (χ3n) is 6.80. The molecule has 5 rings (SSSR count). The van der Waals surface area contributed by atoms with Crippen LogP contribution < -0.4 is 0 Å². The monoisotopic (exact) mass is 416 g/mol. The number of hydrogen-bond acceptors (Lipinski definition) is 5. The van der Waals surface area contributed by atoms with Crippen LogP contribution in [0.4, 0.5) is 0 Å². The Hall–Kier alpha value is -2.50. The maximum Gasteiger partial charge on any atom is 0.240 e. The molecule has 31 heavy (non-hydrogen) atoms. The molecule has 5 heteroatoms. The molecule has 2 fully saturated rings. The summed E-state index contributed by atoms with van der Waals surface area (Å²) >= 11 is 0. The molecule has 0 N–H and O–H groups in total. The Bertz CT molecular complexity index is 954. The second-order valence-electron chi connectivity index (χ2n) is 9.38. The Morgan fingerprint density at radius 2 is 1.39 bits per heavy atom. The molecule has 1 spiro atoms. The Kier molecular flexibility index (Phi) is 6.14. The van der Waals surface area contributed by atoms with E-state index in [1.54, 1.807) is 0 Å². The number of hydrogen-bond donors (Lipinski definition) is 0.